The monoisotopic (exact) mass is 515 g/mol. The second kappa shape index (κ2) is 9.88. The zero-order valence-corrected chi connectivity index (χ0v) is 20.3. The van der Waals surface area contributed by atoms with Crippen LogP contribution in [0.2, 0.25) is 0 Å². The summed E-state index contributed by atoms with van der Waals surface area (Å²) in [6.45, 7) is 3.12. The summed E-state index contributed by atoms with van der Waals surface area (Å²) in [5.74, 6) is 0.0375. The van der Waals surface area contributed by atoms with Gasteiger partial charge in [-0.1, -0.05) is 54.6 Å². The first-order valence-electron chi connectivity index (χ1n) is 11.0. The molecular weight excluding hydrogens is 491 g/mol. The van der Waals surface area contributed by atoms with Crippen LogP contribution in [0.15, 0.2) is 79.0 Å². The van der Waals surface area contributed by atoms with Gasteiger partial charge in [0.1, 0.15) is 11.4 Å². The Bertz CT molecular complexity index is 1460. The fourth-order valence-corrected chi connectivity index (χ4v) is 4.22. The first-order chi connectivity index (χ1) is 16.9. The van der Waals surface area contributed by atoms with Crippen molar-refractivity contribution < 1.29 is 26.7 Å². The van der Waals surface area contributed by atoms with Gasteiger partial charge < -0.3 is 5.11 Å². The highest BCUT2D eigenvalue weighted by Crippen LogP contribution is 2.38. The van der Waals surface area contributed by atoms with Crippen LogP contribution in [0.3, 0.4) is 0 Å². The van der Waals surface area contributed by atoms with Crippen molar-refractivity contribution >= 4 is 10.9 Å². The van der Waals surface area contributed by atoms with Crippen molar-refractivity contribution in [2.45, 2.75) is 32.2 Å². The summed E-state index contributed by atoms with van der Waals surface area (Å²) >= 11 is 0. The van der Waals surface area contributed by atoms with E-state index in [0.717, 1.165) is 22.8 Å². The van der Waals surface area contributed by atoms with Gasteiger partial charge in [-0.2, -0.15) is 13.2 Å². The maximum atomic E-state index is 13.8. The molecule has 0 unspecified atom stereocenters. The first kappa shape index (κ1) is 25.6. The van der Waals surface area contributed by atoms with E-state index in [2.05, 4.69) is 9.71 Å². The fraction of sp³-hybridized carbons (Fsp3) is 0.192. The SMILES string of the molecule is CC(C)(O)c1cn(-c2cccc(-c3ccccc3CN[SH](=O)=O)c2)c(-c2ccccc2C(F)(F)F)n1. The van der Waals surface area contributed by atoms with E-state index in [-0.39, 0.29) is 23.6 Å². The minimum atomic E-state index is -4.60. The molecule has 1 heterocycles. The third-order valence-corrected chi connectivity index (χ3v) is 6.07. The first-order valence-corrected chi connectivity index (χ1v) is 12.2. The van der Waals surface area contributed by atoms with Crippen molar-refractivity contribution in [2.24, 2.45) is 0 Å². The van der Waals surface area contributed by atoms with E-state index in [9.17, 15) is 26.7 Å². The number of halogens is 3. The topological polar surface area (TPSA) is 84.2 Å². The number of nitrogens with one attached hydrogen (secondary N) is 1. The van der Waals surface area contributed by atoms with E-state index < -0.39 is 28.2 Å². The second-order valence-corrected chi connectivity index (χ2v) is 9.55. The summed E-state index contributed by atoms with van der Waals surface area (Å²) in [7, 11) is -2.78. The molecule has 36 heavy (non-hydrogen) atoms. The van der Waals surface area contributed by atoms with Crippen LogP contribution in [0.25, 0.3) is 28.2 Å². The molecule has 0 aliphatic heterocycles. The molecule has 4 aromatic rings. The summed E-state index contributed by atoms with van der Waals surface area (Å²) < 4.78 is 67.5. The molecule has 0 saturated heterocycles. The van der Waals surface area contributed by atoms with Gasteiger partial charge in [0.15, 0.2) is 0 Å². The van der Waals surface area contributed by atoms with Gasteiger partial charge >= 0.3 is 6.18 Å². The van der Waals surface area contributed by atoms with Gasteiger partial charge in [-0.15, -0.1) is 0 Å². The molecule has 1 aromatic heterocycles. The number of aromatic nitrogens is 2. The van der Waals surface area contributed by atoms with E-state index in [1.54, 1.807) is 30.3 Å². The average molecular weight is 516 g/mol. The van der Waals surface area contributed by atoms with Gasteiger partial charge in [0.05, 0.1) is 11.3 Å². The molecule has 10 heteroatoms. The van der Waals surface area contributed by atoms with Crippen LogP contribution >= 0.6 is 0 Å². The summed E-state index contributed by atoms with van der Waals surface area (Å²) in [5.41, 5.74) is 0.637. The lowest BCUT2D eigenvalue weighted by Gasteiger charge is -2.15. The zero-order valence-electron chi connectivity index (χ0n) is 19.5. The largest absolute Gasteiger partial charge is 0.417 e. The number of aliphatic hydroxyl groups is 1. The molecule has 0 aliphatic carbocycles. The van der Waals surface area contributed by atoms with Crippen LogP contribution in [0.4, 0.5) is 13.2 Å². The smallest absolute Gasteiger partial charge is 0.384 e. The Hall–Kier alpha value is -3.47. The summed E-state index contributed by atoms with van der Waals surface area (Å²) in [4.78, 5) is 4.41. The molecule has 0 spiro atoms. The zero-order chi connectivity index (χ0) is 26.1. The van der Waals surface area contributed by atoms with Crippen molar-refractivity contribution in [3.63, 3.8) is 0 Å². The predicted molar refractivity (Wildman–Crippen MR) is 132 cm³/mol. The molecule has 0 bridgehead atoms. The van der Waals surface area contributed by atoms with Gasteiger partial charge in [0.2, 0.25) is 10.9 Å². The maximum absolute atomic E-state index is 13.8. The van der Waals surface area contributed by atoms with Crippen LogP contribution in [-0.2, 0) is 29.2 Å². The summed E-state index contributed by atoms with van der Waals surface area (Å²) in [6, 6.07) is 19.5. The molecule has 0 aliphatic rings. The average Bonchev–Trinajstić information content (AvgIpc) is 3.29. The van der Waals surface area contributed by atoms with Gasteiger partial charge in [-0.25, -0.2) is 18.1 Å². The summed E-state index contributed by atoms with van der Waals surface area (Å²) in [5, 5.41) is 10.6. The normalized spacial score (nSPS) is 12.3. The molecule has 0 amide bonds. The van der Waals surface area contributed by atoms with Crippen LogP contribution < -0.4 is 4.72 Å². The number of thiol groups is 1. The Morgan fingerprint density at radius 3 is 2.28 bits per heavy atom. The number of imidazole rings is 1. The van der Waals surface area contributed by atoms with Crippen molar-refractivity contribution in [1.82, 2.24) is 14.3 Å². The number of rotatable bonds is 7. The quantitative estimate of drug-likeness (QED) is 0.300. The van der Waals surface area contributed by atoms with Crippen LogP contribution in [0.1, 0.15) is 30.7 Å². The molecule has 0 fully saturated rings. The number of benzene rings is 3. The number of hydrogen-bond acceptors (Lipinski definition) is 4. The molecule has 0 saturated carbocycles. The number of nitrogens with zero attached hydrogens (tertiary/aromatic N) is 2. The molecule has 4 rings (SSSR count). The highest BCUT2D eigenvalue weighted by atomic mass is 32.2. The minimum absolute atomic E-state index is 0.0375. The molecule has 3 aromatic carbocycles. The molecular formula is C26H24F3N3O3S. The fourth-order valence-electron chi connectivity index (χ4n) is 3.92. The van der Waals surface area contributed by atoms with E-state index in [1.165, 1.54) is 42.8 Å². The third-order valence-electron chi connectivity index (χ3n) is 5.66. The lowest BCUT2D eigenvalue weighted by molar-refractivity contribution is -0.137. The predicted octanol–water partition coefficient (Wildman–Crippen LogP) is 5.07. The Morgan fingerprint density at radius 2 is 1.61 bits per heavy atom. The minimum Gasteiger partial charge on any atom is -0.384 e. The third kappa shape index (κ3) is 5.51. The molecule has 2 N–H and O–H groups in total. The van der Waals surface area contributed by atoms with E-state index in [0.29, 0.717) is 5.69 Å². The lowest BCUT2D eigenvalue weighted by Crippen LogP contribution is -2.15. The highest BCUT2D eigenvalue weighted by molar-refractivity contribution is 7.70. The van der Waals surface area contributed by atoms with E-state index >= 15 is 0 Å². The van der Waals surface area contributed by atoms with Gasteiger partial charge in [0, 0.05) is 24.0 Å². The van der Waals surface area contributed by atoms with Crippen molar-refractivity contribution in [1.29, 1.82) is 0 Å². The molecule has 188 valence electrons. The molecule has 6 nitrogen and oxygen atoms in total. The van der Waals surface area contributed by atoms with Crippen LogP contribution in [0.5, 0.6) is 0 Å². The van der Waals surface area contributed by atoms with Crippen LogP contribution in [0, 0.1) is 0 Å². The van der Waals surface area contributed by atoms with E-state index in [4.69, 9.17) is 0 Å². The lowest BCUT2D eigenvalue weighted by atomic mass is 9.99. The Labute approximate surface area is 208 Å². The Kier molecular flexibility index (Phi) is 7.03. The number of hydrogen-bond donors (Lipinski definition) is 3. The number of alkyl halides is 3. The van der Waals surface area contributed by atoms with Gasteiger partial charge in [-0.3, -0.25) is 4.57 Å². The van der Waals surface area contributed by atoms with E-state index in [1.807, 2.05) is 18.2 Å². The Morgan fingerprint density at radius 1 is 0.944 bits per heavy atom. The standard InChI is InChI=1S/C26H24F3N3O3S/c1-25(2,33)23-16-32(24(31-23)21-12-5-6-13-22(21)26(27,28)29)19-10-7-9-17(14-19)20-11-4-3-8-18(20)15-30-36(34)35/h3-14,16,33,36H,15H2,1-2H3,(H,30,34,35). The van der Waals surface area contributed by atoms with Crippen molar-refractivity contribution in [3.05, 3.63) is 95.8 Å². The van der Waals surface area contributed by atoms with Gasteiger partial charge in [-0.05, 0) is 48.7 Å². The molecule has 0 radical (unpaired) electrons. The van der Waals surface area contributed by atoms with Crippen molar-refractivity contribution in [3.8, 4) is 28.2 Å². The Balaban J connectivity index is 1.89. The second-order valence-electron chi connectivity index (χ2n) is 8.72. The highest BCUT2D eigenvalue weighted by Gasteiger charge is 2.35. The van der Waals surface area contributed by atoms with Crippen LogP contribution in [-0.4, -0.2) is 23.1 Å². The maximum Gasteiger partial charge on any atom is 0.417 e. The summed E-state index contributed by atoms with van der Waals surface area (Å²) in [6.07, 6.45) is -3.07. The van der Waals surface area contributed by atoms with Gasteiger partial charge in [0.25, 0.3) is 0 Å². The molecule has 0 atom stereocenters. The van der Waals surface area contributed by atoms with Crippen molar-refractivity contribution in [2.75, 3.05) is 0 Å².